The molecule has 0 heterocycles. The van der Waals surface area contributed by atoms with E-state index < -0.39 is 0 Å². The Morgan fingerprint density at radius 3 is 2.56 bits per heavy atom. The minimum absolute atomic E-state index is 0.335. The normalized spacial score (nSPS) is 14.9. The van der Waals surface area contributed by atoms with Crippen LogP contribution >= 0.6 is 11.6 Å². The lowest BCUT2D eigenvalue weighted by atomic mass is 9.90. The van der Waals surface area contributed by atoms with Crippen LogP contribution in [-0.2, 0) is 6.61 Å². The number of halogens is 1. The number of para-hydroxylation sites is 1. The molecule has 1 aliphatic rings. The molecule has 3 nitrogen and oxygen atoms in total. The van der Waals surface area contributed by atoms with Crippen molar-refractivity contribution in [2.24, 2.45) is 5.92 Å². The van der Waals surface area contributed by atoms with Gasteiger partial charge >= 0.3 is 0 Å². The van der Waals surface area contributed by atoms with E-state index in [4.69, 9.17) is 21.1 Å². The second-order valence-corrected chi connectivity index (χ2v) is 6.89. The second kappa shape index (κ2) is 8.91. The first-order chi connectivity index (χ1) is 12.3. The molecule has 0 saturated heterocycles. The van der Waals surface area contributed by atoms with Crippen molar-refractivity contribution >= 4 is 17.9 Å². The van der Waals surface area contributed by atoms with E-state index in [1.165, 1.54) is 32.1 Å². The Bertz CT molecular complexity index is 708. The van der Waals surface area contributed by atoms with Crippen LogP contribution in [0, 0.1) is 5.92 Å². The molecule has 2 aromatic rings. The van der Waals surface area contributed by atoms with Crippen LogP contribution in [0.4, 0.5) is 0 Å². The Balaban J connectivity index is 1.71. The first-order valence-corrected chi connectivity index (χ1v) is 9.23. The summed E-state index contributed by atoms with van der Waals surface area (Å²) in [6.07, 6.45) is 7.04. The van der Waals surface area contributed by atoms with Crippen molar-refractivity contribution in [2.45, 2.75) is 38.7 Å². The predicted molar refractivity (Wildman–Crippen MR) is 99.7 cm³/mol. The van der Waals surface area contributed by atoms with Gasteiger partial charge in [-0.15, -0.1) is 0 Å². The van der Waals surface area contributed by atoms with Gasteiger partial charge in [0, 0.05) is 10.6 Å². The average molecular weight is 359 g/mol. The van der Waals surface area contributed by atoms with Crippen LogP contribution in [0.25, 0.3) is 0 Å². The second-order valence-electron chi connectivity index (χ2n) is 6.49. The third kappa shape index (κ3) is 4.76. The molecule has 1 aliphatic carbocycles. The molecular weight excluding hydrogens is 336 g/mol. The first kappa shape index (κ1) is 17.8. The molecule has 0 N–H and O–H groups in total. The highest BCUT2D eigenvalue weighted by Gasteiger charge is 2.17. The van der Waals surface area contributed by atoms with Crippen molar-refractivity contribution < 1.29 is 14.3 Å². The maximum absolute atomic E-state index is 11.4. The molecule has 0 aromatic heterocycles. The molecule has 2 aromatic carbocycles. The van der Waals surface area contributed by atoms with E-state index in [-0.39, 0.29) is 0 Å². The summed E-state index contributed by atoms with van der Waals surface area (Å²) in [5.41, 5.74) is 1.42. The van der Waals surface area contributed by atoms with Gasteiger partial charge in [-0.05, 0) is 37.0 Å². The highest BCUT2D eigenvalue weighted by Crippen LogP contribution is 2.33. The van der Waals surface area contributed by atoms with Gasteiger partial charge in [0.15, 0.2) is 17.8 Å². The number of benzene rings is 2. The summed E-state index contributed by atoms with van der Waals surface area (Å²) >= 11 is 6.18. The van der Waals surface area contributed by atoms with Gasteiger partial charge in [0.25, 0.3) is 0 Å². The summed E-state index contributed by atoms with van der Waals surface area (Å²) in [5, 5.41) is 0.665. The smallest absolute Gasteiger partial charge is 0.171 e. The van der Waals surface area contributed by atoms with Crippen LogP contribution in [0.3, 0.4) is 0 Å². The Morgan fingerprint density at radius 2 is 1.80 bits per heavy atom. The summed E-state index contributed by atoms with van der Waals surface area (Å²) in [7, 11) is 0. The predicted octanol–water partition coefficient (Wildman–Crippen LogP) is 5.69. The summed E-state index contributed by atoms with van der Waals surface area (Å²) in [4.78, 5) is 11.4. The molecule has 0 amide bonds. The topological polar surface area (TPSA) is 35.5 Å². The molecule has 0 atom stereocenters. The van der Waals surface area contributed by atoms with Crippen molar-refractivity contribution in [2.75, 3.05) is 6.61 Å². The lowest BCUT2D eigenvalue weighted by molar-refractivity contribution is 0.111. The van der Waals surface area contributed by atoms with Crippen molar-refractivity contribution in [1.82, 2.24) is 0 Å². The fraction of sp³-hybridized carbons (Fsp3) is 0.381. The van der Waals surface area contributed by atoms with Crippen molar-refractivity contribution in [3.05, 3.63) is 58.6 Å². The van der Waals surface area contributed by atoms with Gasteiger partial charge < -0.3 is 9.47 Å². The number of aldehydes is 1. The third-order valence-corrected chi connectivity index (χ3v) is 5.03. The SMILES string of the molecule is O=Cc1cccc(OCc2ccccc2Cl)c1OCC1CCCCC1. The van der Waals surface area contributed by atoms with Gasteiger partial charge in [-0.1, -0.05) is 55.1 Å². The number of carbonyl (C=O) groups excluding carboxylic acids is 1. The summed E-state index contributed by atoms with van der Waals surface area (Å²) in [6.45, 7) is 0.967. The molecule has 0 aliphatic heterocycles. The van der Waals surface area contributed by atoms with Crippen LogP contribution in [0.5, 0.6) is 11.5 Å². The minimum Gasteiger partial charge on any atom is -0.489 e. The average Bonchev–Trinajstić information content (AvgIpc) is 2.66. The molecule has 1 fully saturated rings. The lowest BCUT2D eigenvalue weighted by Crippen LogP contribution is -2.16. The third-order valence-electron chi connectivity index (χ3n) is 4.67. The quantitative estimate of drug-likeness (QED) is 0.596. The molecule has 3 rings (SSSR count). The summed E-state index contributed by atoms with van der Waals surface area (Å²) in [5.74, 6) is 1.68. The number of hydrogen-bond donors (Lipinski definition) is 0. The zero-order chi connectivity index (χ0) is 17.5. The highest BCUT2D eigenvalue weighted by molar-refractivity contribution is 6.31. The number of ether oxygens (including phenoxy) is 2. The number of carbonyl (C=O) groups is 1. The fourth-order valence-electron chi connectivity index (χ4n) is 3.22. The van der Waals surface area contributed by atoms with Crippen LogP contribution in [-0.4, -0.2) is 12.9 Å². The zero-order valence-electron chi connectivity index (χ0n) is 14.2. The molecule has 0 spiro atoms. The molecular formula is C21H23ClO3. The fourth-order valence-corrected chi connectivity index (χ4v) is 3.41. The molecule has 132 valence electrons. The molecule has 1 saturated carbocycles. The van der Waals surface area contributed by atoms with E-state index in [0.717, 1.165) is 11.8 Å². The first-order valence-electron chi connectivity index (χ1n) is 8.85. The van der Waals surface area contributed by atoms with E-state index in [1.807, 2.05) is 30.3 Å². The van der Waals surface area contributed by atoms with Crippen LogP contribution < -0.4 is 9.47 Å². The van der Waals surface area contributed by atoms with Crippen molar-refractivity contribution in [1.29, 1.82) is 0 Å². The number of rotatable bonds is 7. The van der Waals surface area contributed by atoms with Gasteiger partial charge in [-0.3, -0.25) is 4.79 Å². The molecule has 25 heavy (non-hydrogen) atoms. The summed E-state index contributed by atoms with van der Waals surface area (Å²) in [6, 6.07) is 13.0. The van der Waals surface area contributed by atoms with E-state index in [9.17, 15) is 4.79 Å². The van der Waals surface area contributed by atoms with Gasteiger partial charge in [0.05, 0.1) is 12.2 Å². The molecule has 0 bridgehead atoms. The van der Waals surface area contributed by atoms with E-state index in [0.29, 0.717) is 41.2 Å². The van der Waals surface area contributed by atoms with Gasteiger partial charge in [0.2, 0.25) is 0 Å². The van der Waals surface area contributed by atoms with E-state index in [2.05, 4.69) is 0 Å². The molecule has 0 radical (unpaired) electrons. The van der Waals surface area contributed by atoms with E-state index in [1.54, 1.807) is 12.1 Å². The van der Waals surface area contributed by atoms with Gasteiger partial charge in [-0.2, -0.15) is 0 Å². The standard InChI is InChI=1S/C21H23ClO3/c22-19-11-5-4-9-18(19)15-24-20-12-6-10-17(13-23)21(20)25-14-16-7-2-1-3-8-16/h4-6,9-13,16H,1-3,7-8,14-15H2. The maximum Gasteiger partial charge on any atom is 0.171 e. The van der Waals surface area contributed by atoms with Crippen LogP contribution in [0.15, 0.2) is 42.5 Å². The van der Waals surface area contributed by atoms with Crippen LogP contribution in [0.1, 0.15) is 48.0 Å². The minimum atomic E-state index is 0.335. The maximum atomic E-state index is 11.4. The zero-order valence-corrected chi connectivity index (χ0v) is 15.0. The Morgan fingerprint density at radius 1 is 1.00 bits per heavy atom. The lowest BCUT2D eigenvalue weighted by Gasteiger charge is -2.23. The van der Waals surface area contributed by atoms with Crippen molar-refractivity contribution in [3.63, 3.8) is 0 Å². The van der Waals surface area contributed by atoms with E-state index >= 15 is 0 Å². The van der Waals surface area contributed by atoms with Gasteiger partial charge in [-0.25, -0.2) is 0 Å². The largest absolute Gasteiger partial charge is 0.489 e. The monoisotopic (exact) mass is 358 g/mol. The molecule has 4 heteroatoms. The Kier molecular flexibility index (Phi) is 6.35. The highest BCUT2D eigenvalue weighted by atomic mass is 35.5. The van der Waals surface area contributed by atoms with Crippen LogP contribution in [0.2, 0.25) is 5.02 Å². The Hall–Kier alpha value is -2.00. The summed E-state index contributed by atoms with van der Waals surface area (Å²) < 4.78 is 11.9. The number of hydrogen-bond acceptors (Lipinski definition) is 3. The molecule has 0 unspecified atom stereocenters. The van der Waals surface area contributed by atoms with Crippen molar-refractivity contribution in [3.8, 4) is 11.5 Å². The van der Waals surface area contributed by atoms with Gasteiger partial charge in [0.1, 0.15) is 6.61 Å². The Labute approximate surface area is 153 Å².